The Morgan fingerprint density at radius 2 is 1.89 bits per heavy atom. The fourth-order valence-electron chi connectivity index (χ4n) is 2.07. The number of halogens is 2. The smallest absolute Gasteiger partial charge is 0.228 e. The van der Waals surface area contributed by atoms with Crippen molar-refractivity contribution in [3.05, 3.63) is 29.8 Å². The minimum atomic E-state index is -3.24. The van der Waals surface area contributed by atoms with E-state index in [4.69, 9.17) is 0 Å². The van der Waals surface area contributed by atoms with Gasteiger partial charge in [-0.2, -0.15) is 0 Å². The van der Waals surface area contributed by atoms with E-state index in [9.17, 15) is 22.0 Å². The standard InChI is InChI=1S/C12H13F2NO3S/c13-9-4-1-5-10(14)11(9)15-12(16)8-3-2-6-19(17,18)7-8/h1,4-5,8H,2-3,6-7H2,(H,15,16). The van der Waals surface area contributed by atoms with Crippen LogP contribution in [0, 0.1) is 17.6 Å². The summed E-state index contributed by atoms with van der Waals surface area (Å²) in [6.45, 7) is 0. The molecule has 2 rings (SSSR count). The van der Waals surface area contributed by atoms with Crippen molar-refractivity contribution in [3.63, 3.8) is 0 Å². The zero-order chi connectivity index (χ0) is 14.0. The number of nitrogens with one attached hydrogen (secondary N) is 1. The lowest BCUT2D eigenvalue weighted by molar-refractivity contribution is -0.119. The van der Waals surface area contributed by atoms with E-state index in [1.165, 1.54) is 6.07 Å². The second-order valence-corrected chi connectivity index (χ2v) is 6.77. The number of amides is 1. The van der Waals surface area contributed by atoms with Crippen molar-refractivity contribution in [2.45, 2.75) is 12.8 Å². The van der Waals surface area contributed by atoms with E-state index in [1.807, 2.05) is 0 Å². The van der Waals surface area contributed by atoms with Crippen LogP contribution in [0.1, 0.15) is 12.8 Å². The molecule has 1 N–H and O–H groups in total. The summed E-state index contributed by atoms with van der Waals surface area (Å²) in [7, 11) is -3.24. The molecular weight excluding hydrogens is 276 g/mol. The van der Waals surface area contributed by atoms with Crippen LogP contribution < -0.4 is 5.32 Å². The number of hydrogen-bond acceptors (Lipinski definition) is 3. The van der Waals surface area contributed by atoms with Gasteiger partial charge in [-0.15, -0.1) is 0 Å². The molecule has 1 unspecified atom stereocenters. The van der Waals surface area contributed by atoms with Gasteiger partial charge in [-0.25, -0.2) is 17.2 Å². The van der Waals surface area contributed by atoms with E-state index >= 15 is 0 Å². The van der Waals surface area contributed by atoms with Crippen LogP contribution in [-0.4, -0.2) is 25.8 Å². The molecule has 1 fully saturated rings. The second kappa shape index (κ2) is 5.24. The highest BCUT2D eigenvalue weighted by Crippen LogP contribution is 2.23. The lowest BCUT2D eigenvalue weighted by Crippen LogP contribution is -2.34. The molecule has 1 aliphatic rings. The number of para-hydroxylation sites is 1. The monoisotopic (exact) mass is 289 g/mol. The minimum absolute atomic E-state index is 0.0604. The number of carbonyl (C=O) groups is 1. The lowest BCUT2D eigenvalue weighted by Gasteiger charge is -2.21. The van der Waals surface area contributed by atoms with Crippen LogP contribution in [0.4, 0.5) is 14.5 Å². The van der Waals surface area contributed by atoms with E-state index in [1.54, 1.807) is 0 Å². The molecule has 1 aromatic carbocycles. The van der Waals surface area contributed by atoms with E-state index in [-0.39, 0.29) is 11.5 Å². The largest absolute Gasteiger partial charge is 0.321 e. The van der Waals surface area contributed by atoms with E-state index in [2.05, 4.69) is 5.32 Å². The first-order valence-electron chi connectivity index (χ1n) is 5.84. The van der Waals surface area contributed by atoms with Crippen molar-refractivity contribution in [1.82, 2.24) is 0 Å². The molecule has 0 bridgehead atoms. The van der Waals surface area contributed by atoms with Gasteiger partial charge in [0.15, 0.2) is 9.84 Å². The maximum atomic E-state index is 13.4. The summed E-state index contributed by atoms with van der Waals surface area (Å²) in [5, 5.41) is 2.13. The van der Waals surface area contributed by atoms with Crippen LogP contribution in [0.5, 0.6) is 0 Å². The zero-order valence-corrected chi connectivity index (χ0v) is 10.8. The van der Waals surface area contributed by atoms with Gasteiger partial charge in [0.1, 0.15) is 17.3 Å². The van der Waals surface area contributed by atoms with Crippen molar-refractivity contribution in [2.24, 2.45) is 5.92 Å². The van der Waals surface area contributed by atoms with Gasteiger partial charge in [-0.05, 0) is 25.0 Å². The Morgan fingerprint density at radius 3 is 2.47 bits per heavy atom. The van der Waals surface area contributed by atoms with Gasteiger partial charge in [-0.1, -0.05) is 6.07 Å². The molecule has 0 radical (unpaired) electrons. The number of rotatable bonds is 2. The van der Waals surface area contributed by atoms with Crippen molar-refractivity contribution in [2.75, 3.05) is 16.8 Å². The number of benzene rings is 1. The number of carbonyl (C=O) groups excluding carboxylic acids is 1. The average molecular weight is 289 g/mol. The summed E-state index contributed by atoms with van der Waals surface area (Å²) >= 11 is 0. The van der Waals surface area contributed by atoms with Gasteiger partial charge in [-0.3, -0.25) is 4.79 Å². The third-order valence-electron chi connectivity index (χ3n) is 3.04. The van der Waals surface area contributed by atoms with E-state index in [0.29, 0.717) is 12.8 Å². The quantitative estimate of drug-likeness (QED) is 0.902. The van der Waals surface area contributed by atoms with Gasteiger partial charge in [0.25, 0.3) is 0 Å². The molecule has 1 heterocycles. The molecule has 1 atom stereocenters. The fourth-order valence-corrected chi connectivity index (χ4v) is 3.78. The lowest BCUT2D eigenvalue weighted by atomic mass is 10.0. The van der Waals surface area contributed by atoms with Gasteiger partial charge >= 0.3 is 0 Å². The molecule has 1 amide bonds. The molecule has 1 aromatic rings. The summed E-state index contributed by atoms with van der Waals surface area (Å²) < 4.78 is 49.6. The molecule has 19 heavy (non-hydrogen) atoms. The third kappa shape index (κ3) is 3.28. The Bertz CT molecular complexity index is 581. The molecule has 7 heteroatoms. The Labute approximate surface area is 109 Å². The van der Waals surface area contributed by atoms with Crippen molar-refractivity contribution in [3.8, 4) is 0 Å². The second-order valence-electron chi connectivity index (χ2n) is 4.54. The highest BCUT2D eigenvalue weighted by molar-refractivity contribution is 7.91. The molecule has 104 valence electrons. The molecular formula is C12H13F2NO3S. The molecule has 0 saturated carbocycles. The summed E-state index contributed by atoms with van der Waals surface area (Å²) in [6.07, 6.45) is 0.793. The molecule has 0 spiro atoms. The molecule has 1 saturated heterocycles. The molecule has 0 aromatic heterocycles. The van der Waals surface area contributed by atoms with Crippen molar-refractivity contribution < 1.29 is 22.0 Å². The summed E-state index contributed by atoms with van der Waals surface area (Å²) in [6, 6.07) is 3.23. The maximum Gasteiger partial charge on any atom is 0.228 e. The number of sulfone groups is 1. The van der Waals surface area contributed by atoms with Gasteiger partial charge < -0.3 is 5.32 Å². The van der Waals surface area contributed by atoms with Crippen LogP contribution in [0.25, 0.3) is 0 Å². The average Bonchev–Trinajstić information content (AvgIpc) is 2.32. The van der Waals surface area contributed by atoms with Crippen LogP contribution >= 0.6 is 0 Å². The highest BCUT2D eigenvalue weighted by Gasteiger charge is 2.30. The Balaban J connectivity index is 2.13. The Hall–Kier alpha value is -1.50. The molecule has 4 nitrogen and oxygen atoms in total. The molecule has 0 aliphatic carbocycles. The third-order valence-corrected chi connectivity index (χ3v) is 4.87. The normalized spacial score (nSPS) is 21.9. The first-order valence-corrected chi connectivity index (χ1v) is 7.66. The van der Waals surface area contributed by atoms with Crippen LogP contribution in [0.2, 0.25) is 0 Å². The summed E-state index contributed by atoms with van der Waals surface area (Å²) in [5.41, 5.74) is -0.532. The summed E-state index contributed by atoms with van der Waals surface area (Å²) in [5.74, 6) is -3.39. The van der Waals surface area contributed by atoms with Crippen LogP contribution in [0.3, 0.4) is 0 Å². The molecule has 1 aliphatic heterocycles. The van der Waals surface area contributed by atoms with E-state index in [0.717, 1.165) is 12.1 Å². The number of anilines is 1. The van der Waals surface area contributed by atoms with Gasteiger partial charge in [0.2, 0.25) is 5.91 Å². The fraction of sp³-hybridized carbons (Fsp3) is 0.417. The zero-order valence-electron chi connectivity index (χ0n) is 10.0. The van der Waals surface area contributed by atoms with Crippen LogP contribution in [-0.2, 0) is 14.6 Å². The van der Waals surface area contributed by atoms with Gasteiger partial charge in [0.05, 0.1) is 17.4 Å². The predicted molar refractivity (Wildman–Crippen MR) is 66.4 cm³/mol. The predicted octanol–water partition coefficient (Wildman–Crippen LogP) is 1.73. The number of hydrogen-bond donors (Lipinski definition) is 1. The minimum Gasteiger partial charge on any atom is -0.321 e. The Morgan fingerprint density at radius 1 is 1.26 bits per heavy atom. The maximum absolute atomic E-state index is 13.4. The summed E-state index contributed by atoms with van der Waals surface area (Å²) in [4.78, 5) is 11.9. The first kappa shape index (κ1) is 13.9. The van der Waals surface area contributed by atoms with Crippen LogP contribution in [0.15, 0.2) is 18.2 Å². The topological polar surface area (TPSA) is 63.2 Å². The SMILES string of the molecule is O=C(Nc1c(F)cccc1F)C1CCCS(=O)(=O)C1. The first-order chi connectivity index (χ1) is 8.89. The van der Waals surface area contributed by atoms with Gasteiger partial charge in [0, 0.05) is 0 Å². The van der Waals surface area contributed by atoms with E-state index < -0.39 is 39.0 Å². The highest BCUT2D eigenvalue weighted by atomic mass is 32.2. The Kier molecular flexibility index (Phi) is 3.84. The van der Waals surface area contributed by atoms with Crippen molar-refractivity contribution in [1.29, 1.82) is 0 Å². The van der Waals surface area contributed by atoms with Crippen molar-refractivity contribution >= 4 is 21.4 Å².